The molecule has 1 amide bonds. The van der Waals surface area contributed by atoms with Crippen molar-refractivity contribution in [1.29, 1.82) is 0 Å². The topological polar surface area (TPSA) is 59.8 Å². The minimum absolute atomic E-state index is 0.00981. The molecule has 25 heavy (non-hydrogen) atoms. The lowest BCUT2D eigenvalue weighted by molar-refractivity contribution is -0.147. The fourth-order valence-corrected chi connectivity index (χ4v) is 2.87. The number of amides is 1. The van der Waals surface area contributed by atoms with Gasteiger partial charge >= 0.3 is 6.18 Å². The molecule has 0 aliphatic heterocycles. The van der Waals surface area contributed by atoms with Gasteiger partial charge in [0.2, 0.25) is 11.7 Å². The van der Waals surface area contributed by atoms with Crippen LogP contribution in [0.15, 0.2) is 29.4 Å². The van der Waals surface area contributed by atoms with Crippen LogP contribution >= 0.6 is 11.8 Å². The summed E-state index contributed by atoms with van der Waals surface area (Å²) in [7, 11) is 1.19. The number of carbonyl (C=O) groups excluding carboxylic acids is 1. The molecule has 1 heterocycles. The van der Waals surface area contributed by atoms with Gasteiger partial charge in [0, 0.05) is 7.05 Å². The molecule has 5 nitrogen and oxygen atoms in total. The third kappa shape index (κ3) is 4.71. The Hall–Kier alpha value is -2.10. The Bertz CT molecular complexity index is 745. The summed E-state index contributed by atoms with van der Waals surface area (Å²) in [6, 6.07) is 5.30. The van der Waals surface area contributed by atoms with Crippen LogP contribution in [0.1, 0.15) is 31.3 Å². The van der Waals surface area contributed by atoms with Crippen LogP contribution < -0.4 is 5.32 Å². The van der Waals surface area contributed by atoms with Crippen molar-refractivity contribution in [2.24, 2.45) is 7.05 Å². The first kappa shape index (κ1) is 19.2. The Morgan fingerprint density at radius 3 is 2.32 bits per heavy atom. The van der Waals surface area contributed by atoms with Crippen molar-refractivity contribution in [3.8, 4) is 0 Å². The van der Waals surface area contributed by atoms with E-state index in [4.69, 9.17) is 0 Å². The predicted octanol–water partition coefficient (Wildman–Crippen LogP) is 3.33. The molecule has 0 radical (unpaired) electrons. The van der Waals surface area contributed by atoms with Crippen LogP contribution in [-0.2, 0) is 18.0 Å². The summed E-state index contributed by atoms with van der Waals surface area (Å²) in [5, 5.41) is 8.63. The first-order chi connectivity index (χ1) is 11.6. The SMILES string of the molecule is C[C@H](NC(=O)[C@@H](C)Sc1nnc(C(F)(F)F)n1C)c1ccc(F)cc1. The number of rotatable bonds is 5. The van der Waals surface area contributed by atoms with Gasteiger partial charge in [-0.1, -0.05) is 23.9 Å². The number of thioether (sulfide) groups is 1. The fourth-order valence-electron chi connectivity index (χ4n) is 2.04. The average Bonchev–Trinajstić information content (AvgIpc) is 2.88. The minimum Gasteiger partial charge on any atom is -0.349 e. The largest absolute Gasteiger partial charge is 0.451 e. The van der Waals surface area contributed by atoms with E-state index in [1.165, 1.54) is 19.2 Å². The molecule has 1 aromatic heterocycles. The number of hydrogen-bond acceptors (Lipinski definition) is 4. The van der Waals surface area contributed by atoms with Gasteiger partial charge in [-0.25, -0.2) is 4.39 Å². The van der Waals surface area contributed by atoms with Crippen LogP contribution in [0.25, 0.3) is 0 Å². The van der Waals surface area contributed by atoms with Gasteiger partial charge in [0.15, 0.2) is 5.16 Å². The molecule has 0 saturated carbocycles. The highest BCUT2D eigenvalue weighted by molar-refractivity contribution is 8.00. The first-order valence-electron chi connectivity index (χ1n) is 7.28. The molecule has 0 spiro atoms. The van der Waals surface area contributed by atoms with E-state index in [1.807, 2.05) is 0 Å². The monoisotopic (exact) mass is 376 g/mol. The molecule has 0 bridgehead atoms. The van der Waals surface area contributed by atoms with Gasteiger partial charge in [0.1, 0.15) is 5.82 Å². The van der Waals surface area contributed by atoms with Crippen molar-refractivity contribution >= 4 is 17.7 Å². The Morgan fingerprint density at radius 2 is 1.80 bits per heavy atom. The summed E-state index contributed by atoms with van der Waals surface area (Å²) >= 11 is 0.872. The van der Waals surface area contributed by atoms with Crippen LogP contribution in [0.2, 0.25) is 0 Å². The number of halogens is 4. The standard InChI is InChI=1S/C15H16F4N4OS/c1-8(10-4-6-11(16)7-5-10)20-12(24)9(2)25-14-22-21-13(23(14)3)15(17,18)19/h4-9H,1-3H3,(H,20,24)/t8-,9+/m0/s1. The second kappa shape index (κ2) is 7.42. The molecule has 2 rings (SSSR count). The summed E-state index contributed by atoms with van der Waals surface area (Å²) < 4.78 is 51.8. The van der Waals surface area contributed by atoms with Gasteiger partial charge in [-0.15, -0.1) is 10.2 Å². The van der Waals surface area contributed by atoms with Crippen LogP contribution in [-0.4, -0.2) is 25.9 Å². The van der Waals surface area contributed by atoms with Crippen LogP contribution in [0.5, 0.6) is 0 Å². The third-order valence-corrected chi connectivity index (χ3v) is 4.60. The zero-order valence-corrected chi connectivity index (χ0v) is 14.5. The highest BCUT2D eigenvalue weighted by Crippen LogP contribution is 2.30. The van der Waals surface area contributed by atoms with Crippen molar-refractivity contribution < 1.29 is 22.4 Å². The highest BCUT2D eigenvalue weighted by Gasteiger charge is 2.38. The maximum absolute atomic E-state index is 12.9. The smallest absolute Gasteiger partial charge is 0.349 e. The molecule has 0 fully saturated rings. The van der Waals surface area contributed by atoms with Crippen molar-refractivity contribution in [3.63, 3.8) is 0 Å². The second-order valence-electron chi connectivity index (χ2n) is 5.40. The molecule has 10 heteroatoms. The molecule has 0 unspecified atom stereocenters. The van der Waals surface area contributed by atoms with E-state index < -0.39 is 17.3 Å². The lowest BCUT2D eigenvalue weighted by Gasteiger charge is -2.17. The molecule has 1 N–H and O–H groups in total. The van der Waals surface area contributed by atoms with E-state index >= 15 is 0 Å². The number of nitrogens with zero attached hydrogens (tertiary/aromatic N) is 3. The van der Waals surface area contributed by atoms with Crippen LogP contribution in [0, 0.1) is 5.82 Å². The predicted molar refractivity (Wildman–Crippen MR) is 84.3 cm³/mol. The molecule has 2 atom stereocenters. The highest BCUT2D eigenvalue weighted by atomic mass is 32.2. The lowest BCUT2D eigenvalue weighted by atomic mass is 10.1. The van der Waals surface area contributed by atoms with Crippen LogP contribution in [0.3, 0.4) is 0 Å². The normalized spacial score (nSPS) is 14.2. The zero-order chi connectivity index (χ0) is 18.8. The van der Waals surface area contributed by atoms with Gasteiger partial charge in [0.25, 0.3) is 0 Å². The Kier molecular flexibility index (Phi) is 5.71. The summed E-state index contributed by atoms with van der Waals surface area (Å²) in [5.41, 5.74) is 0.713. The molecule has 1 aromatic carbocycles. The molecular weight excluding hydrogens is 360 g/mol. The zero-order valence-electron chi connectivity index (χ0n) is 13.6. The molecule has 136 valence electrons. The van der Waals surface area contributed by atoms with Gasteiger partial charge in [-0.2, -0.15) is 13.2 Å². The summed E-state index contributed by atoms with van der Waals surface area (Å²) in [6.07, 6.45) is -4.61. The van der Waals surface area contributed by atoms with Crippen molar-refractivity contribution in [2.75, 3.05) is 0 Å². The van der Waals surface area contributed by atoms with E-state index in [0.29, 0.717) is 5.56 Å². The van der Waals surface area contributed by atoms with Crippen molar-refractivity contribution in [1.82, 2.24) is 20.1 Å². The summed E-state index contributed by atoms with van der Waals surface area (Å²) in [4.78, 5) is 12.2. The van der Waals surface area contributed by atoms with E-state index in [9.17, 15) is 22.4 Å². The molecule has 0 aliphatic rings. The van der Waals surface area contributed by atoms with E-state index in [1.54, 1.807) is 26.0 Å². The molecule has 2 aromatic rings. The van der Waals surface area contributed by atoms with Crippen molar-refractivity contribution in [2.45, 2.75) is 36.5 Å². The first-order valence-corrected chi connectivity index (χ1v) is 8.16. The van der Waals surface area contributed by atoms with E-state index in [0.717, 1.165) is 16.3 Å². The van der Waals surface area contributed by atoms with E-state index in [2.05, 4.69) is 15.5 Å². The Balaban J connectivity index is 2.01. The maximum Gasteiger partial charge on any atom is 0.451 e. The number of benzene rings is 1. The number of aromatic nitrogens is 3. The van der Waals surface area contributed by atoms with Crippen molar-refractivity contribution in [3.05, 3.63) is 41.5 Å². The van der Waals surface area contributed by atoms with Gasteiger partial charge in [-0.3, -0.25) is 4.79 Å². The number of carbonyl (C=O) groups is 1. The Labute approximate surface area is 145 Å². The molecular formula is C15H16F4N4OS. The number of hydrogen-bond donors (Lipinski definition) is 1. The maximum atomic E-state index is 12.9. The second-order valence-corrected chi connectivity index (χ2v) is 6.71. The van der Waals surface area contributed by atoms with Crippen LogP contribution in [0.4, 0.5) is 17.6 Å². The van der Waals surface area contributed by atoms with Gasteiger partial charge in [-0.05, 0) is 31.5 Å². The Morgan fingerprint density at radius 1 is 1.20 bits per heavy atom. The summed E-state index contributed by atoms with van der Waals surface area (Å²) in [6.45, 7) is 3.28. The van der Waals surface area contributed by atoms with Gasteiger partial charge in [0.05, 0.1) is 11.3 Å². The molecule has 0 saturated heterocycles. The van der Waals surface area contributed by atoms with E-state index in [-0.39, 0.29) is 22.9 Å². The average molecular weight is 376 g/mol. The number of alkyl halides is 3. The number of nitrogens with one attached hydrogen (secondary N) is 1. The fraction of sp³-hybridized carbons (Fsp3) is 0.400. The summed E-state index contributed by atoms with van der Waals surface area (Å²) in [5.74, 6) is -1.88. The minimum atomic E-state index is -4.61. The van der Waals surface area contributed by atoms with Gasteiger partial charge < -0.3 is 9.88 Å². The molecule has 0 aliphatic carbocycles. The lowest BCUT2D eigenvalue weighted by Crippen LogP contribution is -2.33. The third-order valence-electron chi connectivity index (χ3n) is 3.47. The quantitative estimate of drug-likeness (QED) is 0.642.